The number of carbonyl (C=O) groups excluding carboxylic acids is 1. The molecule has 0 aliphatic heterocycles. The van der Waals surface area contributed by atoms with Crippen molar-refractivity contribution in [3.05, 3.63) is 71.8 Å². The predicted octanol–water partition coefficient (Wildman–Crippen LogP) is 3.08. The smallest absolute Gasteiger partial charge is 0.223 e. The average molecular weight is 480 g/mol. The van der Waals surface area contributed by atoms with Crippen molar-refractivity contribution in [2.75, 3.05) is 34.2 Å². The van der Waals surface area contributed by atoms with Gasteiger partial charge in [-0.15, -0.1) is 24.0 Å². The van der Waals surface area contributed by atoms with Gasteiger partial charge in [0.25, 0.3) is 0 Å². The lowest BCUT2D eigenvalue weighted by Gasteiger charge is -2.20. The molecule has 0 heterocycles. The Balaban J connectivity index is 0.00000364. The number of carbonyl (C=O) groups is 1. The molecule has 0 unspecified atom stereocenters. The standard InChI is InChI=1S/C21H28N4O.HI/c1-22-21(23-15-14-20(26)25(2)3)24-16-19(17-10-6-4-7-11-17)18-12-8-5-9-13-18;/h4-13,19H,14-16H2,1-3H3,(H2,22,23,24);1H. The summed E-state index contributed by atoms with van der Waals surface area (Å²) < 4.78 is 0. The Morgan fingerprint density at radius 3 is 1.93 bits per heavy atom. The number of nitrogens with zero attached hydrogens (tertiary/aromatic N) is 2. The van der Waals surface area contributed by atoms with Crippen LogP contribution in [-0.4, -0.2) is 51.0 Å². The Morgan fingerprint density at radius 1 is 0.963 bits per heavy atom. The molecule has 27 heavy (non-hydrogen) atoms. The second kappa shape index (κ2) is 12.3. The summed E-state index contributed by atoms with van der Waals surface area (Å²) in [7, 11) is 5.27. The van der Waals surface area contributed by atoms with E-state index < -0.39 is 0 Å². The molecule has 5 nitrogen and oxygen atoms in total. The van der Waals surface area contributed by atoms with Gasteiger partial charge in [0.05, 0.1) is 0 Å². The molecule has 0 aliphatic carbocycles. The Labute approximate surface area is 179 Å². The first-order chi connectivity index (χ1) is 12.6. The molecule has 2 rings (SSSR count). The number of aliphatic imine (C=N–C) groups is 1. The second-order valence-electron chi connectivity index (χ2n) is 6.29. The zero-order valence-corrected chi connectivity index (χ0v) is 18.5. The van der Waals surface area contributed by atoms with Gasteiger partial charge in [-0.25, -0.2) is 0 Å². The van der Waals surface area contributed by atoms with Crippen LogP contribution in [0, 0.1) is 0 Å². The lowest BCUT2D eigenvalue weighted by molar-refractivity contribution is -0.128. The van der Waals surface area contributed by atoms with Gasteiger partial charge in [0.2, 0.25) is 5.91 Å². The van der Waals surface area contributed by atoms with Crippen molar-refractivity contribution in [2.24, 2.45) is 4.99 Å². The summed E-state index contributed by atoms with van der Waals surface area (Å²) in [5.74, 6) is 1.02. The number of hydrogen-bond acceptors (Lipinski definition) is 2. The number of rotatable bonds is 7. The Hall–Kier alpha value is -2.09. The van der Waals surface area contributed by atoms with E-state index in [1.807, 2.05) is 12.1 Å². The third kappa shape index (κ3) is 7.58. The van der Waals surface area contributed by atoms with Crippen molar-refractivity contribution in [2.45, 2.75) is 12.3 Å². The van der Waals surface area contributed by atoms with Gasteiger partial charge in [-0.2, -0.15) is 0 Å². The quantitative estimate of drug-likeness (QED) is 0.364. The van der Waals surface area contributed by atoms with Gasteiger partial charge in [0.1, 0.15) is 0 Å². The van der Waals surface area contributed by atoms with Crippen LogP contribution in [0.25, 0.3) is 0 Å². The molecule has 2 aromatic carbocycles. The van der Waals surface area contributed by atoms with E-state index in [-0.39, 0.29) is 35.8 Å². The summed E-state index contributed by atoms with van der Waals surface area (Å²) >= 11 is 0. The van der Waals surface area contributed by atoms with Gasteiger partial charge in [0.15, 0.2) is 5.96 Å². The molecule has 0 aliphatic rings. The minimum absolute atomic E-state index is 0. The van der Waals surface area contributed by atoms with Crippen molar-refractivity contribution in [1.82, 2.24) is 15.5 Å². The number of amides is 1. The summed E-state index contributed by atoms with van der Waals surface area (Å²) in [6, 6.07) is 20.9. The number of nitrogens with one attached hydrogen (secondary N) is 2. The summed E-state index contributed by atoms with van der Waals surface area (Å²) in [6.07, 6.45) is 0.439. The van der Waals surface area contributed by atoms with Crippen LogP contribution in [0.3, 0.4) is 0 Å². The normalized spacial score (nSPS) is 10.9. The van der Waals surface area contributed by atoms with E-state index in [1.165, 1.54) is 11.1 Å². The minimum atomic E-state index is 0. The Morgan fingerprint density at radius 2 is 1.48 bits per heavy atom. The van der Waals surface area contributed by atoms with Crippen molar-refractivity contribution >= 4 is 35.8 Å². The lowest BCUT2D eigenvalue weighted by atomic mass is 9.91. The molecule has 0 aromatic heterocycles. The second-order valence-corrected chi connectivity index (χ2v) is 6.29. The van der Waals surface area contributed by atoms with E-state index in [4.69, 9.17) is 0 Å². The number of guanidine groups is 1. The van der Waals surface area contributed by atoms with Crippen molar-refractivity contribution in [3.8, 4) is 0 Å². The molecular weight excluding hydrogens is 451 g/mol. The largest absolute Gasteiger partial charge is 0.356 e. The van der Waals surface area contributed by atoms with Gasteiger partial charge < -0.3 is 15.5 Å². The highest BCUT2D eigenvalue weighted by atomic mass is 127. The van der Waals surface area contributed by atoms with Crippen molar-refractivity contribution in [3.63, 3.8) is 0 Å². The highest BCUT2D eigenvalue weighted by Gasteiger charge is 2.14. The fourth-order valence-electron chi connectivity index (χ4n) is 2.73. The topological polar surface area (TPSA) is 56.7 Å². The SMILES string of the molecule is CN=C(NCCC(=O)N(C)C)NCC(c1ccccc1)c1ccccc1.I. The molecule has 6 heteroatoms. The average Bonchev–Trinajstić information content (AvgIpc) is 2.68. The van der Waals surface area contributed by atoms with Crippen LogP contribution in [0.1, 0.15) is 23.5 Å². The first kappa shape index (κ1) is 23.0. The maximum Gasteiger partial charge on any atom is 0.223 e. The molecule has 146 valence electrons. The highest BCUT2D eigenvalue weighted by Crippen LogP contribution is 2.23. The van der Waals surface area contributed by atoms with Gasteiger partial charge in [0, 0.05) is 46.6 Å². The predicted molar refractivity (Wildman–Crippen MR) is 123 cm³/mol. The third-order valence-electron chi connectivity index (χ3n) is 4.23. The van der Waals surface area contributed by atoms with Crippen LogP contribution < -0.4 is 10.6 Å². The minimum Gasteiger partial charge on any atom is -0.356 e. The highest BCUT2D eigenvalue weighted by molar-refractivity contribution is 14.0. The van der Waals surface area contributed by atoms with E-state index in [2.05, 4.69) is 64.2 Å². The molecular formula is C21H29IN4O. The van der Waals surface area contributed by atoms with Crippen LogP contribution in [0.2, 0.25) is 0 Å². The Kier molecular flexibility index (Phi) is 10.5. The maximum atomic E-state index is 11.7. The molecule has 0 atom stereocenters. The number of benzene rings is 2. The third-order valence-corrected chi connectivity index (χ3v) is 4.23. The zero-order chi connectivity index (χ0) is 18.8. The van der Waals surface area contributed by atoms with E-state index in [9.17, 15) is 4.79 Å². The summed E-state index contributed by atoms with van der Waals surface area (Å²) in [5.41, 5.74) is 2.51. The molecule has 0 saturated carbocycles. The van der Waals surface area contributed by atoms with Gasteiger partial charge >= 0.3 is 0 Å². The monoisotopic (exact) mass is 480 g/mol. The van der Waals surface area contributed by atoms with E-state index in [0.29, 0.717) is 18.9 Å². The zero-order valence-electron chi connectivity index (χ0n) is 16.2. The van der Waals surface area contributed by atoms with Crippen molar-refractivity contribution < 1.29 is 4.79 Å². The van der Waals surface area contributed by atoms with Crippen molar-refractivity contribution in [1.29, 1.82) is 0 Å². The van der Waals surface area contributed by atoms with E-state index in [0.717, 1.165) is 6.54 Å². The summed E-state index contributed by atoms with van der Waals surface area (Å²) in [6.45, 7) is 1.27. The molecule has 0 saturated heterocycles. The Bertz CT molecular complexity index is 665. The number of halogens is 1. The molecule has 2 N–H and O–H groups in total. The van der Waals surface area contributed by atoms with Crippen LogP contribution in [0.5, 0.6) is 0 Å². The molecule has 1 amide bonds. The molecule has 0 bridgehead atoms. The lowest BCUT2D eigenvalue weighted by Crippen LogP contribution is -2.41. The van der Waals surface area contributed by atoms with Crippen LogP contribution in [0.15, 0.2) is 65.7 Å². The summed E-state index contributed by atoms with van der Waals surface area (Å²) in [5, 5.41) is 6.59. The fourth-order valence-corrected chi connectivity index (χ4v) is 2.73. The van der Waals surface area contributed by atoms with Gasteiger partial charge in [-0.1, -0.05) is 60.7 Å². The number of hydrogen-bond donors (Lipinski definition) is 2. The van der Waals surface area contributed by atoms with Gasteiger partial charge in [-0.3, -0.25) is 9.79 Å². The first-order valence-electron chi connectivity index (χ1n) is 8.86. The first-order valence-corrected chi connectivity index (χ1v) is 8.86. The van der Waals surface area contributed by atoms with Gasteiger partial charge in [-0.05, 0) is 11.1 Å². The maximum absolute atomic E-state index is 11.7. The molecule has 2 aromatic rings. The van der Waals surface area contributed by atoms with Crippen LogP contribution in [-0.2, 0) is 4.79 Å². The van der Waals surface area contributed by atoms with Crippen LogP contribution in [0.4, 0.5) is 0 Å². The van der Waals surface area contributed by atoms with E-state index in [1.54, 1.807) is 26.0 Å². The van der Waals surface area contributed by atoms with Crippen LogP contribution >= 0.6 is 24.0 Å². The fraction of sp³-hybridized carbons (Fsp3) is 0.333. The molecule has 0 fully saturated rings. The van der Waals surface area contributed by atoms with E-state index >= 15 is 0 Å². The molecule has 0 spiro atoms. The summed E-state index contributed by atoms with van der Waals surface area (Å²) in [4.78, 5) is 17.5. The molecule has 0 radical (unpaired) electrons.